The maximum absolute atomic E-state index is 13.1. The Morgan fingerprint density at radius 2 is 1.95 bits per heavy atom. The lowest BCUT2D eigenvalue weighted by molar-refractivity contribution is -0.139. The van der Waals surface area contributed by atoms with Crippen LogP contribution >= 0.6 is 0 Å². The van der Waals surface area contributed by atoms with Crippen molar-refractivity contribution in [3.63, 3.8) is 0 Å². The van der Waals surface area contributed by atoms with E-state index in [1.165, 1.54) is 12.1 Å². The molecule has 0 spiro atoms. The van der Waals surface area contributed by atoms with Crippen LogP contribution in [0.2, 0.25) is 0 Å². The summed E-state index contributed by atoms with van der Waals surface area (Å²) in [5, 5.41) is 3.14. The van der Waals surface area contributed by atoms with Crippen LogP contribution in [0.4, 0.5) is 13.2 Å². The molecule has 0 aliphatic rings. The summed E-state index contributed by atoms with van der Waals surface area (Å²) in [6, 6.07) is 4.28. The van der Waals surface area contributed by atoms with Gasteiger partial charge in [-0.1, -0.05) is 33.3 Å². The molecule has 0 unspecified atom stereocenters. The molecule has 1 aromatic rings. The molecule has 0 saturated heterocycles. The first kappa shape index (κ1) is 17.8. The molecule has 0 aliphatic heterocycles. The fraction of sp³-hybridized carbons (Fsp3) is 0.625. The average Bonchev–Trinajstić information content (AvgIpc) is 2.38. The van der Waals surface area contributed by atoms with Crippen molar-refractivity contribution in [1.82, 2.24) is 5.32 Å². The first-order valence-electron chi connectivity index (χ1n) is 7.38. The van der Waals surface area contributed by atoms with Crippen LogP contribution < -0.4 is 10.1 Å². The number of benzene rings is 1. The summed E-state index contributed by atoms with van der Waals surface area (Å²) in [6.45, 7) is 7.59. The van der Waals surface area contributed by atoms with Gasteiger partial charge in [0.2, 0.25) is 0 Å². The van der Waals surface area contributed by atoms with Crippen LogP contribution in [-0.2, 0) is 12.7 Å². The second-order valence-corrected chi connectivity index (χ2v) is 5.56. The van der Waals surface area contributed by atoms with Crippen molar-refractivity contribution in [3.8, 4) is 5.75 Å². The normalized spacial score (nSPS) is 12.0. The number of unbranched alkanes of at least 4 members (excludes halogenated alkanes) is 1. The van der Waals surface area contributed by atoms with Gasteiger partial charge in [0.05, 0.1) is 12.2 Å². The number of halogens is 3. The SMILES string of the molecule is CCCCOc1ccc(CNCC(C)C)cc1C(F)(F)F. The third-order valence-corrected chi connectivity index (χ3v) is 2.99. The molecule has 0 aliphatic carbocycles. The zero-order valence-electron chi connectivity index (χ0n) is 12.9. The summed E-state index contributed by atoms with van der Waals surface area (Å²) in [5.41, 5.74) is -0.0757. The Kier molecular flexibility index (Phi) is 7.02. The minimum Gasteiger partial charge on any atom is -0.493 e. The Labute approximate surface area is 124 Å². The number of alkyl halides is 3. The zero-order chi connectivity index (χ0) is 15.9. The molecule has 0 fully saturated rings. The predicted octanol–water partition coefficient (Wildman–Crippen LogP) is 4.63. The van der Waals surface area contributed by atoms with Gasteiger partial charge >= 0.3 is 6.18 Å². The van der Waals surface area contributed by atoms with Gasteiger partial charge in [-0.25, -0.2) is 0 Å². The first-order chi connectivity index (χ1) is 9.84. The second-order valence-electron chi connectivity index (χ2n) is 5.56. The predicted molar refractivity (Wildman–Crippen MR) is 78.4 cm³/mol. The Balaban J connectivity index is 2.81. The van der Waals surface area contributed by atoms with Crippen molar-refractivity contribution in [2.24, 2.45) is 5.92 Å². The first-order valence-corrected chi connectivity index (χ1v) is 7.38. The van der Waals surface area contributed by atoms with Crippen LogP contribution in [0, 0.1) is 5.92 Å². The molecule has 0 atom stereocenters. The lowest BCUT2D eigenvalue weighted by Crippen LogP contribution is -2.19. The van der Waals surface area contributed by atoms with E-state index < -0.39 is 11.7 Å². The van der Waals surface area contributed by atoms with Crippen LogP contribution in [0.25, 0.3) is 0 Å². The summed E-state index contributed by atoms with van der Waals surface area (Å²) in [7, 11) is 0. The van der Waals surface area contributed by atoms with Gasteiger partial charge in [-0.3, -0.25) is 0 Å². The van der Waals surface area contributed by atoms with Crippen molar-refractivity contribution >= 4 is 0 Å². The largest absolute Gasteiger partial charge is 0.493 e. The summed E-state index contributed by atoms with van der Waals surface area (Å²) in [6.07, 6.45) is -2.76. The Morgan fingerprint density at radius 1 is 1.24 bits per heavy atom. The Bertz CT molecular complexity index is 430. The molecule has 1 aromatic carbocycles. The van der Waals surface area contributed by atoms with Crippen LogP contribution in [-0.4, -0.2) is 13.2 Å². The van der Waals surface area contributed by atoms with Crippen LogP contribution in [0.15, 0.2) is 18.2 Å². The fourth-order valence-corrected chi connectivity index (χ4v) is 1.87. The van der Waals surface area contributed by atoms with Crippen molar-refractivity contribution in [3.05, 3.63) is 29.3 Å². The van der Waals surface area contributed by atoms with E-state index >= 15 is 0 Å². The second kappa shape index (κ2) is 8.27. The highest BCUT2D eigenvalue weighted by atomic mass is 19.4. The quantitative estimate of drug-likeness (QED) is 0.707. The highest BCUT2D eigenvalue weighted by Gasteiger charge is 2.34. The molecule has 1 N–H and O–H groups in total. The van der Waals surface area contributed by atoms with Crippen LogP contribution in [0.1, 0.15) is 44.7 Å². The maximum Gasteiger partial charge on any atom is 0.419 e. The van der Waals surface area contributed by atoms with E-state index in [-0.39, 0.29) is 5.75 Å². The van der Waals surface area contributed by atoms with Gasteiger partial charge in [-0.15, -0.1) is 0 Å². The number of hydrogen-bond donors (Lipinski definition) is 1. The van der Waals surface area contributed by atoms with E-state index in [0.717, 1.165) is 19.4 Å². The monoisotopic (exact) mass is 303 g/mol. The average molecular weight is 303 g/mol. The summed E-state index contributed by atoms with van der Waals surface area (Å²) < 4.78 is 44.5. The molecule has 0 heterocycles. The van der Waals surface area contributed by atoms with Gasteiger partial charge < -0.3 is 10.1 Å². The van der Waals surface area contributed by atoms with E-state index in [0.29, 0.717) is 24.6 Å². The van der Waals surface area contributed by atoms with E-state index in [2.05, 4.69) is 19.2 Å². The topological polar surface area (TPSA) is 21.3 Å². The third kappa shape index (κ3) is 6.38. The number of nitrogens with one attached hydrogen (secondary N) is 1. The summed E-state index contributed by atoms with van der Waals surface area (Å²) >= 11 is 0. The lowest BCUT2D eigenvalue weighted by Gasteiger charge is -2.16. The molecule has 1 rings (SSSR count). The highest BCUT2D eigenvalue weighted by molar-refractivity contribution is 5.39. The van der Waals surface area contributed by atoms with Gasteiger partial charge in [0.1, 0.15) is 5.75 Å². The summed E-state index contributed by atoms with van der Waals surface area (Å²) in [4.78, 5) is 0. The molecular weight excluding hydrogens is 279 g/mol. The van der Waals surface area contributed by atoms with E-state index in [1.54, 1.807) is 6.07 Å². The molecule has 0 saturated carbocycles. The Morgan fingerprint density at radius 3 is 2.52 bits per heavy atom. The van der Waals surface area contributed by atoms with Crippen molar-refractivity contribution in [2.75, 3.05) is 13.2 Å². The molecule has 5 heteroatoms. The van der Waals surface area contributed by atoms with Gasteiger partial charge in [0.15, 0.2) is 0 Å². The zero-order valence-corrected chi connectivity index (χ0v) is 12.9. The van der Waals surface area contributed by atoms with E-state index in [1.807, 2.05) is 6.92 Å². The lowest BCUT2D eigenvalue weighted by atomic mass is 10.1. The fourth-order valence-electron chi connectivity index (χ4n) is 1.87. The van der Waals surface area contributed by atoms with Crippen molar-refractivity contribution in [1.29, 1.82) is 0 Å². The van der Waals surface area contributed by atoms with E-state index in [4.69, 9.17) is 4.74 Å². The number of hydrogen-bond acceptors (Lipinski definition) is 2. The van der Waals surface area contributed by atoms with Gasteiger partial charge in [-0.05, 0) is 36.6 Å². The molecule has 120 valence electrons. The van der Waals surface area contributed by atoms with Gasteiger partial charge in [0, 0.05) is 6.54 Å². The molecule has 0 radical (unpaired) electrons. The van der Waals surface area contributed by atoms with Gasteiger partial charge in [-0.2, -0.15) is 13.2 Å². The highest BCUT2D eigenvalue weighted by Crippen LogP contribution is 2.37. The van der Waals surface area contributed by atoms with Crippen molar-refractivity contribution < 1.29 is 17.9 Å². The van der Waals surface area contributed by atoms with Crippen LogP contribution in [0.3, 0.4) is 0 Å². The number of rotatable bonds is 8. The van der Waals surface area contributed by atoms with Crippen molar-refractivity contribution in [2.45, 2.75) is 46.3 Å². The molecular formula is C16H24F3NO. The maximum atomic E-state index is 13.1. The molecule has 21 heavy (non-hydrogen) atoms. The van der Waals surface area contributed by atoms with Gasteiger partial charge in [0.25, 0.3) is 0 Å². The van der Waals surface area contributed by atoms with E-state index in [9.17, 15) is 13.2 Å². The Hall–Kier alpha value is -1.23. The minimum atomic E-state index is -4.39. The molecule has 0 bridgehead atoms. The standard InChI is InChI=1S/C16H24F3NO/c1-4-5-8-21-15-7-6-13(11-20-10-12(2)3)9-14(15)16(17,18)19/h6-7,9,12,20H,4-5,8,10-11H2,1-3H3. The summed E-state index contributed by atoms with van der Waals surface area (Å²) in [5.74, 6) is 0.382. The number of ether oxygens (including phenoxy) is 1. The molecule has 0 amide bonds. The third-order valence-electron chi connectivity index (χ3n) is 2.99. The smallest absolute Gasteiger partial charge is 0.419 e. The minimum absolute atomic E-state index is 0.0800. The van der Waals surface area contributed by atoms with Crippen LogP contribution in [0.5, 0.6) is 5.75 Å². The molecule has 0 aromatic heterocycles. The molecule has 2 nitrogen and oxygen atoms in total.